The van der Waals surface area contributed by atoms with E-state index in [9.17, 15) is 4.79 Å². The maximum atomic E-state index is 11.1. The molecule has 0 aromatic heterocycles. The predicted molar refractivity (Wildman–Crippen MR) is 55.2 cm³/mol. The van der Waals surface area contributed by atoms with Gasteiger partial charge in [0, 0.05) is 11.0 Å². The summed E-state index contributed by atoms with van der Waals surface area (Å²) in [7, 11) is 0. The summed E-state index contributed by atoms with van der Waals surface area (Å²) in [5.74, 6) is 0.0911. The second-order valence-electron chi connectivity index (χ2n) is 2.62. The van der Waals surface area contributed by atoms with Gasteiger partial charge < -0.3 is 5.32 Å². The average Bonchev–Trinajstić information content (AvgIpc) is 2.05. The van der Waals surface area contributed by atoms with Crippen LogP contribution in [0.15, 0.2) is 10.6 Å². The van der Waals surface area contributed by atoms with Gasteiger partial charge in [0.1, 0.15) is 0 Å². The van der Waals surface area contributed by atoms with E-state index in [4.69, 9.17) is 0 Å². The number of allylic oxidation sites excluding steroid dienone is 1. The van der Waals surface area contributed by atoms with Gasteiger partial charge in [-0.25, -0.2) is 0 Å². The van der Waals surface area contributed by atoms with Crippen molar-refractivity contribution in [3.63, 3.8) is 0 Å². The second kappa shape index (κ2) is 7.35. The van der Waals surface area contributed by atoms with Gasteiger partial charge in [-0.05, 0) is 13.3 Å². The zero-order valence-electron chi connectivity index (χ0n) is 7.69. The molecule has 0 unspecified atom stereocenters. The Kier molecular flexibility index (Phi) is 7.16. The first kappa shape index (κ1) is 11.7. The zero-order valence-corrected chi connectivity index (χ0v) is 9.28. The van der Waals surface area contributed by atoms with Gasteiger partial charge in [0.15, 0.2) is 0 Å². The number of carbonyl (C=O) groups excluding carboxylic acids is 1. The fourth-order valence-corrected chi connectivity index (χ4v) is 0.977. The van der Waals surface area contributed by atoms with Crippen LogP contribution in [0.3, 0.4) is 0 Å². The average molecular weight is 234 g/mol. The largest absolute Gasteiger partial charge is 0.356 e. The Balaban J connectivity index is 3.47. The van der Waals surface area contributed by atoms with Crippen LogP contribution < -0.4 is 5.32 Å². The summed E-state index contributed by atoms with van der Waals surface area (Å²) in [4.78, 5) is 11.1. The minimum absolute atomic E-state index is 0.0911. The van der Waals surface area contributed by atoms with Crippen molar-refractivity contribution >= 4 is 21.8 Å². The van der Waals surface area contributed by atoms with Crippen LogP contribution in [0, 0.1) is 0 Å². The fourth-order valence-electron chi connectivity index (χ4n) is 0.723. The van der Waals surface area contributed by atoms with Crippen LogP contribution in [0.2, 0.25) is 0 Å². The molecule has 2 nitrogen and oxygen atoms in total. The molecule has 0 saturated carbocycles. The summed E-state index contributed by atoms with van der Waals surface area (Å²) >= 11 is 3.29. The minimum atomic E-state index is 0.0911. The molecule has 1 N–H and O–H groups in total. The molecule has 0 aliphatic rings. The van der Waals surface area contributed by atoms with E-state index in [1.165, 1.54) is 0 Å². The summed E-state index contributed by atoms with van der Waals surface area (Å²) in [5, 5.41) is 2.84. The minimum Gasteiger partial charge on any atom is -0.356 e. The maximum Gasteiger partial charge on any atom is 0.224 e. The molecule has 0 atom stereocenters. The number of hydrogen-bond acceptors (Lipinski definition) is 1. The quantitative estimate of drug-likeness (QED) is 0.728. The molecule has 0 bridgehead atoms. The summed E-state index contributed by atoms with van der Waals surface area (Å²) in [6, 6.07) is 0. The zero-order chi connectivity index (χ0) is 9.40. The lowest BCUT2D eigenvalue weighted by molar-refractivity contribution is -0.120. The van der Waals surface area contributed by atoms with Crippen LogP contribution in [-0.4, -0.2) is 12.5 Å². The predicted octanol–water partition coefficient (Wildman–Crippen LogP) is 2.59. The Morgan fingerprint density at radius 3 is 2.75 bits per heavy atom. The number of rotatable bonds is 5. The van der Waals surface area contributed by atoms with Crippen LogP contribution in [0.1, 0.15) is 33.1 Å². The number of unbranched alkanes of at least 4 members (excludes halogenated alkanes) is 1. The van der Waals surface area contributed by atoms with Crippen molar-refractivity contribution < 1.29 is 4.79 Å². The molecule has 0 aliphatic carbocycles. The molecule has 3 heteroatoms. The van der Waals surface area contributed by atoms with Crippen LogP contribution >= 0.6 is 15.9 Å². The summed E-state index contributed by atoms with van der Waals surface area (Å²) in [6.45, 7) is 4.80. The molecular weight excluding hydrogens is 218 g/mol. The number of halogens is 1. The van der Waals surface area contributed by atoms with Crippen molar-refractivity contribution in [2.24, 2.45) is 0 Å². The first-order valence-electron chi connectivity index (χ1n) is 4.28. The molecule has 0 saturated heterocycles. The van der Waals surface area contributed by atoms with E-state index in [1.54, 1.807) is 0 Å². The van der Waals surface area contributed by atoms with Crippen molar-refractivity contribution in [3.05, 3.63) is 10.6 Å². The molecule has 0 aromatic carbocycles. The standard InChI is InChI=1S/C9H16BrNO/c1-3-5-6-11-9(12)7-8(10)4-2/h4H,3,5-7H2,1-2H3,(H,11,12)/b8-4-. The molecule has 0 aromatic rings. The highest BCUT2D eigenvalue weighted by atomic mass is 79.9. The van der Waals surface area contributed by atoms with E-state index in [0.29, 0.717) is 6.42 Å². The van der Waals surface area contributed by atoms with Gasteiger partial charge in [-0.1, -0.05) is 35.4 Å². The Morgan fingerprint density at radius 1 is 1.58 bits per heavy atom. The highest BCUT2D eigenvalue weighted by Gasteiger charge is 2.00. The van der Waals surface area contributed by atoms with Gasteiger partial charge in [-0.2, -0.15) is 0 Å². The first-order valence-corrected chi connectivity index (χ1v) is 5.07. The molecule has 12 heavy (non-hydrogen) atoms. The van der Waals surface area contributed by atoms with Gasteiger partial charge in [-0.3, -0.25) is 4.79 Å². The second-order valence-corrected chi connectivity index (χ2v) is 3.63. The highest BCUT2D eigenvalue weighted by molar-refractivity contribution is 9.11. The van der Waals surface area contributed by atoms with E-state index in [1.807, 2.05) is 13.0 Å². The lowest BCUT2D eigenvalue weighted by atomic mass is 10.3. The van der Waals surface area contributed by atoms with Gasteiger partial charge in [0.25, 0.3) is 0 Å². The van der Waals surface area contributed by atoms with Gasteiger partial charge in [0.2, 0.25) is 5.91 Å². The van der Waals surface area contributed by atoms with Crippen LogP contribution in [0.4, 0.5) is 0 Å². The number of carbonyl (C=O) groups is 1. The van der Waals surface area contributed by atoms with Crippen molar-refractivity contribution in [2.45, 2.75) is 33.1 Å². The third-order valence-electron chi connectivity index (χ3n) is 1.50. The number of amides is 1. The Labute approximate surface area is 82.5 Å². The van der Waals surface area contributed by atoms with E-state index in [2.05, 4.69) is 28.2 Å². The van der Waals surface area contributed by atoms with Crippen LogP contribution in [0.5, 0.6) is 0 Å². The first-order chi connectivity index (χ1) is 5.70. The van der Waals surface area contributed by atoms with Crippen molar-refractivity contribution in [2.75, 3.05) is 6.54 Å². The maximum absolute atomic E-state index is 11.1. The Bertz CT molecular complexity index is 166. The Morgan fingerprint density at radius 2 is 2.25 bits per heavy atom. The smallest absolute Gasteiger partial charge is 0.224 e. The third-order valence-corrected chi connectivity index (χ3v) is 2.23. The summed E-state index contributed by atoms with van der Waals surface area (Å²) in [6.07, 6.45) is 4.52. The van der Waals surface area contributed by atoms with Crippen LogP contribution in [0.25, 0.3) is 0 Å². The molecule has 70 valence electrons. The van der Waals surface area contributed by atoms with E-state index in [0.717, 1.165) is 23.9 Å². The van der Waals surface area contributed by atoms with Crippen molar-refractivity contribution in [3.8, 4) is 0 Å². The molecule has 1 amide bonds. The van der Waals surface area contributed by atoms with Gasteiger partial charge in [0.05, 0.1) is 6.42 Å². The molecule has 0 aliphatic heterocycles. The lowest BCUT2D eigenvalue weighted by Crippen LogP contribution is -2.23. The summed E-state index contributed by atoms with van der Waals surface area (Å²) < 4.78 is 0.941. The highest BCUT2D eigenvalue weighted by Crippen LogP contribution is 2.08. The SMILES string of the molecule is C/C=C(\Br)CC(=O)NCCCC. The van der Waals surface area contributed by atoms with E-state index >= 15 is 0 Å². The third kappa shape index (κ3) is 6.40. The van der Waals surface area contributed by atoms with E-state index < -0.39 is 0 Å². The van der Waals surface area contributed by atoms with E-state index in [-0.39, 0.29) is 5.91 Å². The molecule has 0 spiro atoms. The number of hydrogen-bond donors (Lipinski definition) is 1. The monoisotopic (exact) mass is 233 g/mol. The van der Waals surface area contributed by atoms with Crippen molar-refractivity contribution in [1.29, 1.82) is 0 Å². The molecule has 0 rings (SSSR count). The number of nitrogens with one attached hydrogen (secondary N) is 1. The summed E-state index contributed by atoms with van der Waals surface area (Å²) in [5.41, 5.74) is 0. The normalized spacial score (nSPS) is 11.4. The Hall–Kier alpha value is -0.310. The molecular formula is C9H16BrNO. The molecule has 0 radical (unpaired) electrons. The molecule has 0 heterocycles. The fraction of sp³-hybridized carbons (Fsp3) is 0.667. The van der Waals surface area contributed by atoms with Crippen molar-refractivity contribution in [1.82, 2.24) is 5.32 Å². The van der Waals surface area contributed by atoms with Gasteiger partial charge in [-0.15, -0.1) is 0 Å². The van der Waals surface area contributed by atoms with Gasteiger partial charge >= 0.3 is 0 Å². The topological polar surface area (TPSA) is 29.1 Å². The lowest BCUT2D eigenvalue weighted by Gasteiger charge is -2.02. The van der Waals surface area contributed by atoms with Crippen LogP contribution in [-0.2, 0) is 4.79 Å². The molecule has 0 fully saturated rings.